The fourth-order valence-corrected chi connectivity index (χ4v) is 2.70. The minimum absolute atomic E-state index is 0.126. The Bertz CT molecular complexity index is 541. The Hall–Kier alpha value is -1.56. The lowest BCUT2D eigenvalue weighted by Gasteiger charge is -2.38. The van der Waals surface area contributed by atoms with Gasteiger partial charge in [-0.05, 0) is 36.5 Å². The molecule has 0 aliphatic heterocycles. The number of carboxylic acid groups (broad SMARTS) is 1. The number of urea groups is 1. The first-order valence-corrected chi connectivity index (χ1v) is 7.26. The molecule has 0 aromatic heterocycles. The molecular weight excluding hydrogens is 324 g/mol. The van der Waals surface area contributed by atoms with Crippen molar-refractivity contribution in [3.8, 4) is 0 Å². The zero-order valence-corrected chi connectivity index (χ0v) is 12.8. The largest absolute Gasteiger partial charge is 0.478 e. The number of hydrogen-bond acceptors (Lipinski definition) is 2. The number of hydrogen-bond donors (Lipinski definition) is 3. The molecule has 1 aromatic rings. The molecule has 1 aromatic carbocycles. The van der Waals surface area contributed by atoms with Crippen molar-refractivity contribution in [2.24, 2.45) is 5.41 Å². The summed E-state index contributed by atoms with van der Waals surface area (Å²) in [6.45, 7) is 2.79. The van der Waals surface area contributed by atoms with Gasteiger partial charge < -0.3 is 15.7 Å². The molecule has 20 heavy (non-hydrogen) atoms. The van der Waals surface area contributed by atoms with E-state index in [-0.39, 0.29) is 17.0 Å². The fourth-order valence-electron chi connectivity index (χ4n) is 2.21. The normalized spacial score (nSPS) is 16.1. The number of anilines is 1. The molecule has 0 heterocycles. The van der Waals surface area contributed by atoms with Crippen LogP contribution >= 0.6 is 15.9 Å². The van der Waals surface area contributed by atoms with E-state index < -0.39 is 5.97 Å². The van der Waals surface area contributed by atoms with Crippen LogP contribution in [0.1, 0.15) is 36.5 Å². The van der Waals surface area contributed by atoms with Gasteiger partial charge in [-0.2, -0.15) is 0 Å². The first kappa shape index (κ1) is 14.8. The Morgan fingerprint density at radius 1 is 1.35 bits per heavy atom. The van der Waals surface area contributed by atoms with E-state index in [2.05, 4.69) is 33.5 Å². The number of nitrogens with one attached hydrogen (secondary N) is 2. The highest BCUT2D eigenvalue weighted by atomic mass is 79.9. The van der Waals surface area contributed by atoms with Crippen molar-refractivity contribution >= 4 is 33.6 Å². The van der Waals surface area contributed by atoms with Crippen LogP contribution in [0.4, 0.5) is 10.5 Å². The Morgan fingerprint density at radius 3 is 2.60 bits per heavy atom. The molecule has 1 fully saturated rings. The van der Waals surface area contributed by atoms with Gasteiger partial charge in [0, 0.05) is 16.7 Å². The van der Waals surface area contributed by atoms with E-state index in [9.17, 15) is 9.59 Å². The summed E-state index contributed by atoms with van der Waals surface area (Å²) >= 11 is 3.23. The second-order valence-electron chi connectivity index (χ2n) is 5.51. The third-order valence-corrected chi connectivity index (χ3v) is 4.10. The van der Waals surface area contributed by atoms with Crippen LogP contribution in [0.5, 0.6) is 0 Å². The predicted molar refractivity (Wildman–Crippen MR) is 80.1 cm³/mol. The molecular formula is C14H17BrN2O3. The number of carbonyl (C=O) groups excluding carboxylic acids is 1. The smallest absolute Gasteiger partial charge is 0.335 e. The Morgan fingerprint density at radius 2 is 2.05 bits per heavy atom. The van der Waals surface area contributed by atoms with Crippen molar-refractivity contribution < 1.29 is 14.7 Å². The summed E-state index contributed by atoms with van der Waals surface area (Å²) in [5, 5.41) is 14.5. The summed E-state index contributed by atoms with van der Waals surface area (Å²) in [4.78, 5) is 22.8. The number of carboxylic acids is 1. The third kappa shape index (κ3) is 3.72. The second-order valence-corrected chi connectivity index (χ2v) is 6.42. The quantitative estimate of drug-likeness (QED) is 0.785. The van der Waals surface area contributed by atoms with Gasteiger partial charge >= 0.3 is 12.0 Å². The average Bonchev–Trinajstić information content (AvgIpc) is 2.33. The lowest BCUT2D eigenvalue weighted by atomic mass is 9.70. The van der Waals surface area contributed by atoms with E-state index >= 15 is 0 Å². The highest BCUT2D eigenvalue weighted by Crippen LogP contribution is 2.39. The molecule has 2 rings (SSSR count). The van der Waals surface area contributed by atoms with Gasteiger partial charge in [0.1, 0.15) is 0 Å². The van der Waals surface area contributed by atoms with Crippen LogP contribution in [0.2, 0.25) is 0 Å². The minimum atomic E-state index is -1.03. The SMILES string of the molecule is CC1(CNC(=O)Nc2cc(Br)cc(C(=O)O)c2)CCC1. The van der Waals surface area contributed by atoms with Crippen molar-refractivity contribution in [3.05, 3.63) is 28.2 Å². The van der Waals surface area contributed by atoms with Gasteiger partial charge in [0.05, 0.1) is 5.56 Å². The number of benzene rings is 1. The summed E-state index contributed by atoms with van der Waals surface area (Å²) in [5.41, 5.74) is 0.787. The van der Waals surface area contributed by atoms with Crippen LogP contribution in [-0.4, -0.2) is 23.7 Å². The molecule has 5 nitrogen and oxygen atoms in total. The molecule has 1 aliphatic rings. The van der Waals surface area contributed by atoms with Gasteiger partial charge in [-0.1, -0.05) is 29.3 Å². The lowest BCUT2D eigenvalue weighted by Crippen LogP contribution is -2.41. The molecule has 2 amide bonds. The van der Waals surface area contributed by atoms with E-state index in [0.717, 1.165) is 12.8 Å². The van der Waals surface area contributed by atoms with E-state index in [1.165, 1.54) is 18.6 Å². The summed E-state index contributed by atoms with van der Waals surface area (Å²) in [7, 11) is 0. The van der Waals surface area contributed by atoms with Gasteiger partial charge in [-0.15, -0.1) is 0 Å². The summed E-state index contributed by atoms with van der Waals surface area (Å²) in [6.07, 6.45) is 3.48. The molecule has 1 aliphatic carbocycles. The van der Waals surface area contributed by atoms with Crippen molar-refractivity contribution in [1.82, 2.24) is 5.32 Å². The van der Waals surface area contributed by atoms with Crippen molar-refractivity contribution in [1.29, 1.82) is 0 Å². The lowest BCUT2D eigenvalue weighted by molar-refractivity contribution is 0.0697. The van der Waals surface area contributed by atoms with Crippen molar-refractivity contribution in [3.63, 3.8) is 0 Å². The van der Waals surface area contributed by atoms with Gasteiger partial charge in [0.25, 0.3) is 0 Å². The van der Waals surface area contributed by atoms with E-state index in [4.69, 9.17) is 5.11 Å². The first-order valence-electron chi connectivity index (χ1n) is 6.47. The molecule has 108 valence electrons. The van der Waals surface area contributed by atoms with Gasteiger partial charge in [-0.25, -0.2) is 9.59 Å². The van der Waals surface area contributed by atoms with Crippen LogP contribution < -0.4 is 10.6 Å². The number of halogens is 1. The maximum absolute atomic E-state index is 11.8. The number of amides is 2. The van der Waals surface area contributed by atoms with Gasteiger partial charge in [0.2, 0.25) is 0 Å². The minimum Gasteiger partial charge on any atom is -0.478 e. The van der Waals surface area contributed by atoms with Crippen LogP contribution in [-0.2, 0) is 0 Å². The van der Waals surface area contributed by atoms with E-state index in [0.29, 0.717) is 16.7 Å². The van der Waals surface area contributed by atoms with Crippen molar-refractivity contribution in [2.45, 2.75) is 26.2 Å². The molecule has 3 N–H and O–H groups in total. The maximum Gasteiger partial charge on any atom is 0.335 e. The molecule has 0 atom stereocenters. The molecule has 0 unspecified atom stereocenters. The van der Waals surface area contributed by atoms with Crippen LogP contribution in [0.25, 0.3) is 0 Å². The fraction of sp³-hybridized carbons (Fsp3) is 0.429. The van der Waals surface area contributed by atoms with Crippen LogP contribution in [0.3, 0.4) is 0 Å². The predicted octanol–water partition coefficient (Wildman–Crippen LogP) is 3.46. The summed E-state index contributed by atoms with van der Waals surface area (Å²) in [6, 6.07) is 4.27. The average molecular weight is 341 g/mol. The van der Waals surface area contributed by atoms with E-state index in [1.54, 1.807) is 6.07 Å². The number of aromatic carboxylic acids is 1. The monoisotopic (exact) mass is 340 g/mol. The summed E-state index contributed by atoms with van der Waals surface area (Å²) < 4.78 is 0.610. The Balaban J connectivity index is 1.95. The molecule has 0 radical (unpaired) electrons. The van der Waals surface area contributed by atoms with Gasteiger partial charge in [0.15, 0.2) is 0 Å². The zero-order valence-electron chi connectivity index (χ0n) is 11.2. The number of rotatable bonds is 4. The van der Waals surface area contributed by atoms with Crippen molar-refractivity contribution in [2.75, 3.05) is 11.9 Å². The second kappa shape index (κ2) is 5.83. The first-order chi connectivity index (χ1) is 9.38. The maximum atomic E-state index is 11.8. The molecule has 0 saturated heterocycles. The van der Waals surface area contributed by atoms with Crippen LogP contribution in [0.15, 0.2) is 22.7 Å². The standard InChI is InChI=1S/C14H17BrN2O3/c1-14(3-2-4-14)8-16-13(20)17-11-6-9(12(18)19)5-10(15)7-11/h5-7H,2-4,8H2,1H3,(H,18,19)(H2,16,17,20). The topological polar surface area (TPSA) is 78.4 Å². The van der Waals surface area contributed by atoms with Crippen LogP contribution in [0, 0.1) is 5.41 Å². The highest BCUT2D eigenvalue weighted by molar-refractivity contribution is 9.10. The Labute approximate surface area is 125 Å². The summed E-state index contributed by atoms with van der Waals surface area (Å²) in [5.74, 6) is -1.03. The zero-order chi connectivity index (χ0) is 14.8. The third-order valence-electron chi connectivity index (χ3n) is 3.64. The molecule has 0 spiro atoms. The Kier molecular flexibility index (Phi) is 4.32. The number of carbonyl (C=O) groups is 2. The van der Waals surface area contributed by atoms with Gasteiger partial charge in [-0.3, -0.25) is 0 Å². The molecule has 6 heteroatoms. The highest BCUT2D eigenvalue weighted by Gasteiger charge is 2.31. The van der Waals surface area contributed by atoms with E-state index in [1.807, 2.05) is 0 Å². The molecule has 1 saturated carbocycles. The molecule has 0 bridgehead atoms.